The smallest absolute Gasteiger partial charge is 0.212 e. The van der Waals surface area contributed by atoms with Crippen LogP contribution in [0.2, 0.25) is 0 Å². The molecule has 0 saturated heterocycles. The Morgan fingerprint density at radius 2 is 1.38 bits per heavy atom. The number of rotatable bonds is 7. The largest absolute Gasteiger partial charge is 0.212 e. The van der Waals surface area contributed by atoms with E-state index >= 15 is 0 Å². The number of unbranched alkanes of at least 4 members (excludes halogenated alkanes) is 1. The van der Waals surface area contributed by atoms with Gasteiger partial charge in [-0.1, -0.05) is 74.0 Å². The molecule has 0 fully saturated rings. The van der Waals surface area contributed by atoms with Crippen molar-refractivity contribution in [2.24, 2.45) is 0 Å². The second-order valence-electron chi connectivity index (χ2n) is 5.04. The number of nitrogens with one attached hydrogen (secondary N) is 1. The van der Waals surface area contributed by atoms with Gasteiger partial charge in [0.15, 0.2) is 0 Å². The third-order valence-electron chi connectivity index (χ3n) is 3.33. The Morgan fingerprint density at radius 3 is 1.81 bits per heavy atom. The molecule has 2 aromatic carbocycles. The number of sulfonamides is 1. The lowest BCUT2D eigenvalue weighted by Crippen LogP contribution is -2.31. The number of benzene rings is 2. The van der Waals surface area contributed by atoms with Gasteiger partial charge in [0.25, 0.3) is 0 Å². The molecule has 0 aliphatic carbocycles. The molecular weight excluding hydrogens is 282 g/mol. The normalized spacial score (nSPS) is 11.7. The summed E-state index contributed by atoms with van der Waals surface area (Å²) in [5.41, 5.74) is 1.90. The molecule has 0 amide bonds. The van der Waals surface area contributed by atoms with Gasteiger partial charge in [0, 0.05) is 0 Å². The zero-order valence-electron chi connectivity index (χ0n) is 12.2. The molecule has 2 rings (SSSR count). The summed E-state index contributed by atoms with van der Waals surface area (Å²) >= 11 is 0. The molecule has 0 atom stereocenters. The summed E-state index contributed by atoms with van der Waals surface area (Å²) in [5.74, 6) is 0.166. The van der Waals surface area contributed by atoms with Crippen molar-refractivity contribution >= 4 is 10.0 Å². The van der Waals surface area contributed by atoms with Crippen molar-refractivity contribution in [2.75, 3.05) is 5.75 Å². The van der Waals surface area contributed by atoms with E-state index in [-0.39, 0.29) is 11.8 Å². The van der Waals surface area contributed by atoms with Crippen LogP contribution in [0.25, 0.3) is 0 Å². The minimum Gasteiger partial charge on any atom is -0.212 e. The van der Waals surface area contributed by atoms with Crippen LogP contribution in [0.4, 0.5) is 0 Å². The van der Waals surface area contributed by atoms with E-state index in [4.69, 9.17) is 0 Å². The summed E-state index contributed by atoms with van der Waals surface area (Å²) in [6.07, 6.45) is 1.54. The molecule has 2 aromatic rings. The highest BCUT2D eigenvalue weighted by molar-refractivity contribution is 7.89. The maximum atomic E-state index is 12.2. The van der Waals surface area contributed by atoms with Crippen molar-refractivity contribution < 1.29 is 8.42 Å². The highest BCUT2D eigenvalue weighted by Crippen LogP contribution is 2.22. The van der Waals surface area contributed by atoms with E-state index in [2.05, 4.69) is 4.72 Å². The van der Waals surface area contributed by atoms with Crippen LogP contribution in [-0.2, 0) is 10.0 Å². The van der Waals surface area contributed by atoms with Crippen molar-refractivity contribution in [1.29, 1.82) is 0 Å². The van der Waals surface area contributed by atoms with E-state index in [9.17, 15) is 8.42 Å². The third-order valence-corrected chi connectivity index (χ3v) is 4.75. The Hall–Kier alpha value is -1.65. The van der Waals surface area contributed by atoms with Gasteiger partial charge in [0.1, 0.15) is 0 Å². The topological polar surface area (TPSA) is 46.2 Å². The van der Waals surface area contributed by atoms with E-state index in [1.807, 2.05) is 67.6 Å². The quantitative estimate of drug-likeness (QED) is 0.851. The van der Waals surface area contributed by atoms with Gasteiger partial charge in [-0.2, -0.15) is 0 Å². The average molecular weight is 303 g/mol. The van der Waals surface area contributed by atoms with Crippen LogP contribution in [0.3, 0.4) is 0 Å². The molecular formula is C17H21NO2S. The molecule has 0 spiro atoms. The maximum absolute atomic E-state index is 12.2. The molecule has 1 N–H and O–H groups in total. The summed E-state index contributed by atoms with van der Waals surface area (Å²) in [5, 5.41) is 0. The van der Waals surface area contributed by atoms with Gasteiger partial charge in [-0.3, -0.25) is 0 Å². The molecule has 0 aliphatic rings. The Bertz CT molecular complexity index is 600. The average Bonchev–Trinajstić information content (AvgIpc) is 2.52. The van der Waals surface area contributed by atoms with Crippen LogP contribution in [0.5, 0.6) is 0 Å². The van der Waals surface area contributed by atoms with Crippen LogP contribution in [0.1, 0.15) is 36.9 Å². The molecule has 112 valence electrons. The minimum atomic E-state index is -3.29. The Balaban J connectivity index is 2.30. The fraction of sp³-hybridized carbons (Fsp3) is 0.294. The van der Waals surface area contributed by atoms with Crippen LogP contribution in [0.15, 0.2) is 60.7 Å². The lowest BCUT2D eigenvalue weighted by atomic mass is 10.00. The highest BCUT2D eigenvalue weighted by atomic mass is 32.2. The zero-order valence-corrected chi connectivity index (χ0v) is 13.0. The monoisotopic (exact) mass is 303 g/mol. The molecule has 0 aromatic heterocycles. The van der Waals surface area contributed by atoms with E-state index < -0.39 is 10.0 Å². The highest BCUT2D eigenvalue weighted by Gasteiger charge is 2.20. The van der Waals surface area contributed by atoms with Crippen molar-refractivity contribution in [3.05, 3.63) is 71.8 Å². The van der Waals surface area contributed by atoms with Gasteiger partial charge in [-0.25, -0.2) is 13.1 Å². The molecule has 4 heteroatoms. The summed E-state index contributed by atoms with van der Waals surface area (Å²) in [6, 6.07) is 19.0. The first-order chi connectivity index (χ1) is 10.1. The molecule has 0 saturated carbocycles. The molecule has 0 heterocycles. The Labute approximate surface area is 127 Å². The predicted octanol–water partition coefficient (Wildman–Crippen LogP) is 3.50. The minimum absolute atomic E-state index is 0.166. The van der Waals surface area contributed by atoms with Gasteiger partial charge in [0.2, 0.25) is 10.0 Å². The van der Waals surface area contributed by atoms with Gasteiger partial charge in [0.05, 0.1) is 11.8 Å². The summed E-state index contributed by atoms with van der Waals surface area (Å²) in [4.78, 5) is 0. The van der Waals surface area contributed by atoms with Gasteiger partial charge < -0.3 is 0 Å². The second kappa shape index (κ2) is 7.38. The molecule has 0 bridgehead atoms. The van der Waals surface area contributed by atoms with E-state index in [0.717, 1.165) is 17.5 Å². The first-order valence-corrected chi connectivity index (χ1v) is 8.87. The molecule has 0 radical (unpaired) electrons. The van der Waals surface area contributed by atoms with Crippen molar-refractivity contribution in [3.63, 3.8) is 0 Å². The summed E-state index contributed by atoms with van der Waals surface area (Å²) in [6.45, 7) is 1.99. The molecule has 0 unspecified atom stereocenters. The first kappa shape index (κ1) is 15.7. The van der Waals surface area contributed by atoms with Gasteiger partial charge in [-0.15, -0.1) is 0 Å². The van der Waals surface area contributed by atoms with Gasteiger partial charge in [-0.05, 0) is 17.5 Å². The van der Waals surface area contributed by atoms with Crippen molar-refractivity contribution in [1.82, 2.24) is 4.72 Å². The van der Waals surface area contributed by atoms with Gasteiger partial charge >= 0.3 is 0 Å². The standard InChI is InChI=1S/C17H21NO2S/c1-2-3-14-21(19,20)18-17(15-10-6-4-7-11-15)16-12-8-5-9-13-16/h4-13,17-18H,2-3,14H2,1H3. The SMILES string of the molecule is CCCCS(=O)(=O)NC(c1ccccc1)c1ccccc1. The Kier molecular flexibility index (Phi) is 5.53. The fourth-order valence-corrected chi connectivity index (χ4v) is 3.61. The molecule has 21 heavy (non-hydrogen) atoms. The second-order valence-corrected chi connectivity index (χ2v) is 6.92. The fourth-order valence-electron chi connectivity index (χ4n) is 2.19. The first-order valence-electron chi connectivity index (χ1n) is 7.22. The zero-order chi connectivity index (χ0) is 15.1. The third kappa shape index (κ3) is 4.69. The van der Waals surface area contributed by atoms with Crippen LogP contribution in [-0.4, -0.2) is 14.2 Å². The van der Waals surface area contributed by atoms with Crippen LogP contribution < -0.4 is 4.72 Å². The van der Waals surface area contributed by atoms with E-state index in [1.54, 1.807) is 0 Å². The summed E-state index contributed by atoms with van der Waals surface area (Å²) < 4.78 is 27.3. The van der Waals surface area contributed by atoms with Crippen LogP contribution >= 0.6 is 0 Å². The lowest BCUT2D eigenvalue weighted by Gasteiger charge is -2.19. The molecule has 0 aliphatic heterocycles. The number of hydrogen-bond acceptors (Lipinski definition) is 2. The number of hydrogen-bond donors (Lipinski definition) is 1. The van der Waals surface area contributed by atoms with E-state index in [0.29, 0.717) is 6.42 Å². The molecule has 3 nitrogen and oxygen atoms in total. The summed E-state index contributed by atoms with van der Waals surface area (Å²) in [7, 11) is -3.29. The van der Waals surface area contributed by atoms with Crippen molar-refractivity contribution in [3.8, 4) is 0 Å². The lowest BCUT2D eigenvalue weighted by molar-refractivity contribution is 0.569. The predicted molar refractivity (Wildman–Crippen MR) is 86.6 cm³/mol. The van der Waals surface area contributed by atoms with E-state index in [1.165, 1.54) is 0 Å². The van der Waals surface area contributed by atoms with Crippen LogP contribution in [0, 0.1) is 0 Å². The Morgan fingerprint density at radius 1 is 0.905 bits per heavy atom. The van der Waals surface area contributed by atoms with Crippen molar-refractivity contribution in [2.45, 2.75) is 25.8 Å². The maximum Gasteiger partial charge on any atom is 0.212 e.